The van der Waals surface area contributed by atoms with E-state index in [1.54, 1.807) is 0 Å². The summed E-state index contributed by atoms with van der Waals surface area (Å²) in [4.78, 5) is 13.5. The molecule has 0 spiro atoms. The Balaban J connectivity index is 1.80. The number of anilines is 1. The van der Waals surface area contributed by atoms with E-state index in [0.717, 1.165) is 24.4 Å². The highest BCUT2D eigenvalue weighted by molar-refractivity contribution is 6.07. The molecule has 2 aliphatic rings. The topological polar surface area (TPSA) is 56.7 Å². The molecule has 0 radical (unpaired) electrons. The summed E-state index contributed by atoms with van der Waals surface area (Å²) < 4.78 is 0. The minimum atomic E-state index is -0.245. The summed E-state index contributed by atoms with van der Waals surface area (Å²) in [5, 5.41) is 6.94. The van der Waals surface area contributed by atoms with Crippen LogP contribution >= 0.6 is 0 Å². The highest BCUT2D eigenvalue weighted by Crippen LogP contribution is 2.21. The summed E-state index contributed by atoms with van der Waals surface area (Å²) in [6, 6.07) is 8.10. The molecule has 2 amide bonds. The molecular weight excluding hydrogens is 240 g/mol. The highest BCUT2D eigenvalue weighted by Gasteiger charge is 2.20. The Morgan fingerprint density at radius 2 is 1.89 bits per heavy atom. The second kappa shape index (κ2) is 4.91. The van der Waals surface area contributed by atoms with E-state index in [-0.39, 0.29) is 12.1 Å². The first-order valence-electron chi connectivity index (χ1n) is 6.73. The number of benzene rings is 1. The largest absolute Gasteiger partial charge is 0.372 e. The molecule has 0 saturated carbocycles. The molecule has 3 rings (SSSR count). The van der Waals surface area contributed by atoms with E-state index in [0.29, 0.717) is 0 Å². The summed E-state index contributed by atoms with van der Waals surface area (Å²) in [6.45, 7) is 4.23. The predicted octanol–water partition coefficient (Wildman–Crippen LogP) is 1.69. The SMILES string of the molecule is CC1NC(=O)NN=C1c1ccc(N2CCCC2)cc1. The first-order valence-corrected chi connectivity index (χ1v) is 6.73. The van der Waals surface area contributed by atoms with Gasteiger partial charge in [-0.2, -0.15) is 5.10 Å². The van der Waals surface area contributed by atoms with Crippen molar-refractivity contribution in [1.82, 2.24) is 10.7 Å². The molecule has 1 fully saturated rings. The molecule has 2 aliphatic heterocycles. The van der Waals surface area contributed by atoms with Crippen LogP contribution in [-0.4, -0.2) is 30.9 Å². The molecule has 1 aromatic carbocycles. The lowest BCUT2D eigenvalue weighted by molar-refractivity contribution is 0.239. The standard InChI is InChI=1S/C14H18N4O/c1-10-13(16-17-14(19)15-10)11-4-6-12(7-5-11)18-8-2-3-9-18/h4-7,10H,2-3,8-9H2,1H3,(H2,15,17,19). The Bertz CT molecular complexity index is 503. The maximum Gasteiger partial charge on any atom is 0.335 e. The van der Waals surface area contributed by atoms with Crippen molar-refractivity contribution in [1.29, 1.82) is 0 Å². The number of nitrogens with one attached hydrogen (secondary N) is 2. The lowest BCUT2D eigenvalue weighted by Crippen LogP contribution is -2.48. The third-order valence-electron chi connectivity index (χ3n) is 3.67. The Morgan fingerprint density at radius 3 is 2.53 bits per heavy atom. The summed E-state index contributed by atoms with van der Waals surface area (Å²) >= 11 is 0. The first kappa shape index (κ1) is 12.0. The fourth-order valence-electron chi connectivity index (χ4n) is 2.64. The van der Waals surface area contributed by atoms with E-state index < -0.39 is 0 Å². The van der Waals surface area contributed by atoms with Crippen molar-refractivity contribution in [3.63, 3.8) is 0 Å². The number of hydrogen-bond donors (Lipinski definition) is 2. The molecule has 100 valence electrons. The maximum atomic E-state index is 11.1. The molecule has 0 aliphatic carbocycles. The van der Waals surface area contributed by atoms with Gasteiger partial charge in [0.25, 0.3) is 0 Å². The number of carbonyl (C=O) groups excluding carboxylic acids is 1. The van der Waals surface area contributed by atoms with Crippen molar-refractivity contribution in [2.75, 3.05) is 18.0 Å². The van der Waals surface area contributed by atoms with Gasteiger partial charge in [0, 0.05) is 24.3 Å². The van der Waals surface area contributed by atoms with Crippen LogP contribution in [0.4, 0.5) is 10.5 Å². The van der Waals surface area contributed by atoms with Gasteiger partial charge < -0.3 is 10.2 Å². The van der Waals surface area contributed by atoms with Crippen LogP contribution in [0.3, 0.4) is 0 Å². The average Bonchev–Trinajstić information content (AvgIpc) is 2.93. The Labute approximate surface area is 112 Å². The normalized spacial score (nSPS) is 22.8. The Hall–Kier alpha value is -2.04. The molecule has 1 atom stereocenters. The third-order valence-corrected chi connectivity index (χ3v) is 3.67. The van der Waals surface area contributed by atoms with Crippen LogP contribution in [0.1, 0.15) is 25.3 Å². The van der Waals surface area contributed by atoms with Gasteiger partial charge in [-0.1, -0.05) is 12.1 Å². The van der Waals surface area contributed by atoms with Gasteiger partial charge >= 0.3 is 6.03 Å². The second-order valence-corrected chi connectivity index (χ2v) is 5.05. The zero-order valence-corrected chi connectivity index (χ0v) is 11.0. The minimum absolute atomic E-state index is 0.0635. The van der Waals surface area contributed by atoms with Crippen molar-refractivity contribution in [2.45, 2.75) is 25.8 Å². The minimum Gasteiger partial charge on any atom is -0.372 e. The van der Waals surface area contributed by atoms with Crippen molar-refractivity contribution < 1.29 is 4.79 Å². The third kappa shape index (κ3) is 2.41. The van der Waals surface area contributed by atoms with Crippen LogP contribution in [0.5, 0.6) is 0 Å². The van der Waals surface area contributed by atoms with E-state index in [1.807, 2.05) is 6.92 Å². The lowest BCUT2D eigenvalue weighted by Gasteiger charge is -2.22. The smallest absolute Gasteiger partial charge is 0.335 e. The number of carbonyl (C=O) groups is 1. The van der Waals surface area contributed by atoms with Gasteiger partial charge in [0.1, 0.15) is 0 Å². The van der Waals surface area contributed by atoms with Gasteiger partial charge in [-0.25, -0.2) is 10.2 Å². The van der Waals surface area contributed by atoms with Gasteiger partial charge in [-0.15, -0.1) is 0 Å². The van der Waals surface area contributed by atoms with Crippen LogP contribution in [0.25, 0.3) is 0 Å². The van der Waals surface area contributed by atoms with Gasteiger partial charge in [0.2, 0.25) is 0 Å². The number of hydrogen-bond acceptors (Lipinski definition) is 3. The maximum absolute atomic E-state index is 11.1. The van der Waals surface area contributed by atoms with Crippen LogP contribution in [-0.2, 0) is 0 Å². The summed E-state index contributed by atoms with van der Waals surface area (Å²) in [6.07, 6.45) is 2.56. The number of hydrazone groups is 1. The summed E-state index contributed by atoms with van der Waals surface area (Å²) in [5.41, 5.74) is 5.64. The molecule has 0 bridgehead atoms. The van der Waals surface area contributed by atoms with E-state index in [9.17, 15) is 4.79 Å². The van der Waals surface area contributed by atoms with E-state index in [1.165, 1.54) is 18.5 Å². The van der Waals surface area contributed by atoms with Crippen molar-refractivity contribution in [3.8, 4) is 0 Å². The van der Waals surface area contributed by atoms with E-state index in [4.69, 9.17) is 0 Å². The number of rotatable bonds is 2. The Kier molecular flexibility index (Phi) is 3.11. The van der Waals surface area contributed by atoms with Crippen LogP contribution < -0.4 is 15.6 Å². The average molecular weight is 258 g/mol. The first-order chi connectivity index (χ1) is 9.24. The van der Waals surface area contributed by atoms with Crippen LogP contribution in [0, 0.1) is 0 Å². The Morgan fingerprint density at radius 1 is 1.21 bits per heavy atom. The van der Waals surface area contributed by atoms with E-state index in [2.05, 4.69) is 45.0 Å². The predicted molar refractivity (Wildman–Crippen MR) is 75.6 cm³/mol. The number of amides is 2. The molecule has 2 heterocycles. The highest BCUT2D eigenvalue weighted by atomic mass is 16.2. The fourth-order valence-corrected chi connectivity index (χ4v) is 2.64. The van der Waals surface area contributed by atoms with Gasteiger partial charge in [-0.3, -0.25) is 0 Å². The van der Waals surface area contributed by atoms with Gasteiger partial charge in [0.15, 0.2) is 0 Å². The second-order valence-electron chi connectivity index (χ2n) is 5.05. The molecule has 1 unspecified atom stereocenters. The molecule has 5 nitrogen and oxygen atoms in total. The monoisotopic (exact) mass is 258 g/mol. The van der Waals surface area contributed by atoms with E-state index >= 15 is 0 Å². The molecule has 19 heavy (non-hydrogen) atoms. The molecule has 2 N–H and O–H groups in total. The fraction of sp³-hybridized carbons (Fsp3) is 0.429. The molecule has 1 saturated heterocycles. The molecule has 5 heteroatoms. The van der Waals surface area contributed by atoms with Crippen molar-refractivity contribution >= 4 is 17.4 Å². The zero-order chi connectivity index (χ0) is 13.2. The quantitative estimate of drug-likeness (QED) is 0.848. The van der Waals surface area contributed by atoms with Crippen LogP contribution in [0.15, 0.2) is 29.4 Å². The van der Waals surface area contributed by atoms with Crippen LogP contribution in [0.2, 0.25) is 0 Å². The molecule has 1 aromatic rings. The molecular formula is C14H18N4O. The van der Waals surface area contributed by atoms with Gasteiger partial charge in [-0.05, 0) is 31.9 Å². The summed E-state index contributed by atoms with van der Waals surface area (Å²) in [7, 11) is 0. The van der Waals surface area contributed by atoms with Gasteiger partial charge in [0.05, 0.1) is 11.8 Å². The number of nitrogens with zero attached hydrogens (tertiary/aromatic N) is 2. The lowest BCUT2D eigenvalue weighted by atomic mass is 10.0. The summed E-state index contributed by atoms with van der Waals surface area (Å²) in [5.74, 6) is 0. The van der Waals surface area contributed by atoms with Crippen molar-refractivity contribution in [2.24, 2.45) is 5.10 Å². The molecule has 0 aromatic heterocycles. The zero-order valence-electron chi connectivity index (χ0n) is 11.0. The number of urea groups is 1. The van der Waals surface area contributed by atoms with Crippen molar-refractivity contribution in [3.05, 3.63) is 29.8 Å².